The molecule has 1 aromatic carbocycles. The number of imidazole rings is 1. The normalized spacial score (nSPS) is 12.4. The second kappa shape index (κ2) is 6.12. The molecule has 138 valence electrons. The predicted molar refractivity (Wildman–Crippen MR) is 109 cm³/mol. The molecule has 5 heteroatoms. The highest BCUT2D eigenvalue weighted by molar-refractivity contribution is 6.04. The molecule has 0 spiro atoms. The Labute approximate surface area is 159 Å². The molecule has 0 fully saturated rings. The first kappa shape index (κ1) is 17.6. The van der Waals surface area contributed by atoms with Crippen molar-refractivity contribution in [3.05, 3.63) is 54.0 Å². The summed E-state index contributed by atoms with van der Waals surface area (Å²) in [6, 6.07) is 6.50. The van der Waals surface area contributed by atoms with Crippen molar-refractivity contribution in [1.82, 2.24) is 24.3 Å². The zero-order valence-corrected chi connectivity index (χ0v) is 16.8. The van der Waals surface area contributed by atoms with Gasteiger partial charge in [-0.2, -0.15) is 0 Å². The second-order valence-corrected chi connectivity index (χ2v) is 8.06. The van der Waals surface area contributed by atoms with Crippen molar-refractivity contribution in [3.63, 3.8) is 0 Å². The van der Waals surface area contributed by atoms with Gasteiger partial charge in [0.2, 0.25) is 0 Å². The molecule has 3 aromatic heterocycles. The van der Waals surface area contributed by atoms with E-state index in [0.717, 1.165) is 28.2 Å². The fourth-order valence-corrected chi connectivity index (χ4v) is 3.60. The summed E-state index contributed by atoms with van der Waals surface area (Å²) in [6.45, 7) is 13.0. The van der Waals surface area contributed by atoms with E-state index in [9.17, 15) is 0 Å². The van der Waals surface area contributed by atoms with Gasteiger partial charge in [0, 0.05) is 29.5 Å². The Kier molecular flexibility index (Phi) is 3.98. The molecule has 4 rings (SSSR count). The van der Waals surface area contributed by atoms with Crippen LogP contribution >= 0.6 is 0 Å². The van der Waals surface area contributed by atoms with Crippen molar-refractivity contribution in [1.29, 1.82) is 0 Å². The Bertz CT molecular complexity index is 1130. The minimum atomic E-state index is 0.00943. The molecule has 0 saturated carbocycles. The fraction of sp³-hybridized carbons (Fsp3) is 0.364. The minimum Gasteiger partial charge on any atom is -0.306 e. The van der Waals surface area contributed by atoms with Crippen LogP contribution in [0.5, 0.6) is 0 Å². The SMILES string of the molecule is Cc1nc(C)nc(-c2cn3ccnc3c3c(C(C)(C)C(C)C)cccc23)n1. The van der Waals surface area contributed by atoms with Crippen LogP contribution in [0.4, 0.5) is 0 Å². The predicted octanol–water partition coefficient (Wildman–Crippen LogP) is 4.89. The summed E-state index contributed by atoms with van der Waals surface area (Å²) in [4.78, 5) is 18.2. The maximum Gasteiger partial charge on any atom is 0.165 e. The van der Waals surface area contributed by atoms with Crippen LogP contribution in [0, 0.1) is 19.8 Å². The first-order chi connectivity index (χ1) is 12.8. The van der Waals surface area contributed by atoms with Crippen LogP contribution in [0.3, 0.4) is 0 Å². The standard InChI is InChI=1S/C22H25N5/c1-13(2)22(5,6)18-9-7-8-16-17(20-25-14(3)24-15(4)26-20)12-27-11-10-23-21(27)19(16)18/h7-13H,1-6H3. The third-order valence-corrected chi connectivity index (χ3v) is 5.75. The molecule has 4 aromatic rings. The van der Waals surface area contributed by atoms with Gasteiger partial charge >= 0.3 is 0 Å². The summed E-state index contributed by atoms with van der Waals surface area (Å²) < 4.78 is 2.08. The lowest BCUT2D eigenvalue weighted by atomic mass is 9.73. The number of hydrogen-bond acceptors (Lipinski definition) is 4. The van der Waals surface area contributed by atoms with Crippen molar-refractivity contribution >= 4 is 16.4 Å². The smallest absolute Gasteiger partial charge is 0.165 e. The van der Waals surface area contributed by atoms with Gasteiger partial charge in [-0.25, -0.2) is 19.9 Å². The van der Waals surface area contributed by atoms with Crippen molar-refractivity contribution in [2.24, 2.45) is 5.92 Å². The Balaban J connectivity index is 2.16. The summed E-state index contributed by atoms with van der Waals surface area (Å²) in [5, 5.41) is 2.30. The van der Waals surface area contributed by atoms with Gasteiger partial charge < -0.3 is 4.40 Å². The maximum atomic E-state index is 4.66. The van der Waals surface area contributed by atoms with Crippen LogP contribution in [0.1, 0.15) is 44.9 Å². The van der Waals surface area contributed by atoms with Gasteiger partial charge in [-0.3, -0.25) is 0 Å². The average Bonchev–Trinajstić information content (AvgIpc) is 3.08. The van der Waals surface area contributed by atoms with E-state index >= 15 is 0 Å². The number of nitrogens with zero attached hydrogens (tertiary/aromatic N) is 5. The topological polar surface area (TPSA) is 56.0 Å². The van der Waals surface area contributed by atoms with Crippen molar-refractivity contribution in [3.8, 4) is 11.4 Å². The van der Waals surface area contributed by atoms with Gasteiger partial charge in [0.15, 0.2) is 5.82 Å². The third-order valence-electron chi connectivity index (χ3n) is 5.75. The lowest BCUT2D eigenvalue weighted by Gasteiger charge is -2.31. The van der Waals surface area contributed by atoms with Gasteiger partial charge in [0.25, 0.3) is 0 Å². The Morgan fingerprint density at radius 1 is 1.00 bits per heavy atom. The summed E-state index contributed by atoms with van der Waals surface area (Å²) in [5.74, 6) is 2.66. The number of benzene rings is 1. The highest BCUT2D eigenvalue weighted by Gasteiger charge is 2.28. The van der Waals surface area contributed by atoms with Crippen LogP contribution in [-0.2, 0) is 5.41 Å². The number of aromatic nitrogens is 5. The maximum absolute atomic E-state index is 4.66. The van der Waals surface area contributed by atoms with E-state index in [1.54, 1.807) is 0 Å². The molecule has 0 N–H and O–H groups in total. The van der Waals surface area contributed by atoms with Gasteiger partial charge in [-0.15, -0.1) is 0 Å². The number of fused-ring (bicyclic) bond motifs is 3. The van der Waals surface area contributed by atoms with Gasteiger partial charge in [0.05, 0.1) is 0 Å². The van der Waals surface area contributed by atoms with Crippen LogP contribution in [0.2, 0.25) is 0 Å². The molecule has 0 atom stereocenters. The molecule has 27 heavy (non-hydrogen) atoms. The molecule has 0 radical (unpaired) electrons. The quantitative estimate of drug-likeness (QED) is 0.522. The van der Waals surface area contributed by atoms with Crippen molar-refractivity contribution in [2.75, 3.05) is 0 Å². The van der Waals surface area contributed by atoms with Crippen molar-refractivity contribution in [2.45, 2.75) is 47.0 Å². The van der Waals surface area contributed by atoms with Gasteiger partial charge in [-0.05, 0) is 36.1 Å². The molecule has 0 aliphatic rings. The monoisotopic (exact) mass is 359 g/mol. The lowest BCUT2D eigenvalue weighted by Crippen LogP contribution is -2.24. The molecule has 0 amide bonds. The van der Waals surface area contributed by atoms with Gasteiger partial charge in [-0.1, -0.05) is 45.9 Å². The molecular formula is C22H25N5. The molecule has 5 nitrogen and oxygen atoms in total. The molecule has 0 saturated heterocycles. The lowest BCUT2D eigenvalue weighted by molar-refractivity contribution is 0.375. The Hall–Kier alpha value is -2.82. The van der Waals surface area contributed by atoms with Crippen molar-refractivity contribution < 1.29 is 0 Å². The van der Waals surface area contributed by atoms with E-state index in [4.69, 9.17) is 0 Å². The molecule has 0 aliphatic heterocycles. The molecule has 0 bridgehead atoms. The van der Waals surface area contributed by atoms with Crippen LogP contribution in [0.25, 0.3) is 27.8 Å². The number of rotatable bonds is 3. The van der Waals surface area contributed by atoms with E-state index in [2.05, 4.69) is 76.4 Å². The molecule has 0 aliphatic carbocycles. The van der Waals surface area contributed by atoms with E-state index in [1.165, 1.54) is 10.9 Å². The summed E-state index contributed by atoms with van der Waals surface area (Å²) in [7, 11) is 0. The molecule has 3 heterocycles. The zero-order chi connectivity index (χ0) is 19.3. The third kappa shape index (κ3) is 2.78. The van der Waals surface area contributed by atoms with E-state index in [-0.39, 0.29) is 5.41 Å². The Morgan fingerprint density at radius 3 is 2.37 bits per heavy atom. The van der Waals surface area contributed by atoms with Gasteiger partial charge in [0.1, 0.15) is 17.3 Å². The Morgan fingerprint density at radius 2 is 1.70 bits per heavy atom. The summed E-state index contributed by atoms with van der Waals surface area (Å²) >= 11 is 0. The second-order valence-electron chi connectivity index (χ2n) is 8.06. The first-order valence-electron chi connectivity index (χ1n) is 9.37. The number of hydrogen-bond donors (Lipinski definition) is 0. The van der Waals surface area contributed by atoms with E-state index in [1.807, 2.05) is 26.2 Å². The fourth-order valence-electron chi connectivity index (χ4n) is 3.60. The van der Waals surface area contributed by atoms with Crippen LogP contribution in [-0.4, -0.2) is 24.3 Å². The van der Waals surface area contributed by atoms with E-state index < -0.39 is 0 Å². The summed E-state index contributed by atoms with van der Waals surface area (Å²) in [6.07, 6.45) is 5.91. The van der Waals surface area contributed by atoms with E-state index in [0.29, 0.717) is 11.7 Å². The zero-order valence-electron chi connectivity index (χ0n) is 16.8. The van der Waals surface area contributed by atoms with Crippen LogP contribution in [0.15, 0.2) is 36.8 Å². The molecule has 0 unspecified atom stereocenters. The highest BCUT2D eigenvalue weighted by Crippen LogP contribution is 2.39. The average molecular weight is 359 g/mol. The summed E-state index contributed by atoms with van der Waals surface area (Å²) in [5.41, 5.74) is 3.29. The highest BCUT2D eigenvalue weighted by atomic mass is 15.0. The number of aryl methyl sites for hydroxylation is 2. The number of pyridine rings is 1. The molecular weight excluding hydrogens is 334 g/mol. The first-order valence-corrected chi connectivity index (χ1v) is 9.37. The van der Waals surface area contributed by atoms with Crippen LogP contribution < -0.4 is 0 Å². The largest absolute Gasteiger partial charge is 0.306 e. The minimum absolute atomic E-state index is 0.00943.